The molecule has 3 heteroatoms. The van der Waals surface area contributed by atoms with Crippen LogP contribution < -0.4 is 5.32 Å². The van der Waals surface area contributed by atoms with Crippen LogP contribution >= 0.6 is 0 Å². The van der Waals surface area contributed by atoms with E-state index in [0.29, 0.717) is 19.4 Å². The fourth-order valence-corrected chi connectivity index (χ4v) is 1.56. The Balaban J connectivity index is 2.45. The smallest absolute Gasteiger partial charge is 0.0638 e. The number of nitriles is 2. The number of hydrogen-bond donors (Lipinski definition) is 1. The summed E-state index contributed by atoms with van der Waals surface area (Å²) < 4.78 is 0. The Morgan fingerprint density at radius 2 is 1.88 bits per heavy atom. The summed E-state index contributed by atoms with van der Waals surface area (Å²) in [7, 11) is 0. The molecule has 0 aliphatic rings. The minimum atomic E-state index is 0.140. The highest BCUT2D eigenvalue weighted by Gasteiger charge is 2.07. The summed E-state index contributed by atoms with van der Waals surface area (Å²) in [5.41, 5.74) is 1.22. The van der Waals surface area contributed by atoms with Gasteiger partial charge in [0.05, 0.1) is 18.6 Å². The summed E-state index contributed by atoms with van der Waals surface area (Å²) in [6.45, 7) is 0.648. The van der Waals surface area contributed by atoms with Crippen molar-refractivity contribution >= 4 is 0 Å². The van der Waals surface area contributed by atoms with E-state index in [9.17, 15) is 0 Å². The van der Waals surface area contributed by atoms with Gasteiger partial charge in [0.2, 0.25) is 0 Å². The minimum absolute atomic E-state index is 0.140. The van der Waals surface area contributed by atoms with Crippen LogP contribution in [0.4, 0.5) is 0 Å². The van der Waals surface area contributed by atoms with Crippen LogP contribution in [0.5, 0.6) is 0 Å². The fourth-order valence-electron chi connectivity index (χ4n) is 1.56. The summed E-state index contributed by atoms with van der Waals surface area (Å²) in [6.07, 6.45) is 1.79. The first-order valence-corrected chi connectivity index (χ1v) is 5.38. The maximum atomic E-state index is 8.72. The Hall–Kier alpha value is -1.84. The van der Waals surface area contributed by atoms with E-state index < -0.39 is 0 Å². The zero-order chi connectivity index (χ0) is 11.6. The Morgan fingerprint density at radius 3 is 2.50 bits per heavy atom. The monoisotopic (exact) mass is 213 g/mol. The van der Waals surface area contributed by atoms with Crippen molar-refractivity contribution in [3.05, 3.63) is 35.9 Å². The lowest BCUT2D eigenvalue weighted by Gasteiger charge is -2.14. The van der Waals surface area contributed by atoms with E-state index in [1.807, 2.05) is 18.2 Å². The molecule has 0 saturated heterocycles. The third kappa shape index (κ3) is 4.59. The molecule has 1 aromatic carbocycles. The van der Waals surface area contributed by atoms with E-state index in [1.54, 1.807) is 0 Å². The molecule has 0 fully saturated rings. The van der Waals surface area contributed by atoms with Crippen molar-refractivity contribution < 1.29 is 0 Å². The quantitative estimate of drug-likeness (QED) is 0.735. The highest BCUT2D eigenvalue weighted by Crippen LogP contribution is 2.05. The van der Waals surface area contributed by atoms with Gasteiger partial charge in [0.15, 0.2) is 0 Å². The van der Waals surface area contributed by atoms with Crippen molar-refractivity contribution in [3.63, 3.8) is 0 Å². The first-order valence-electron chi connectivity index (χ1n) is 5.38. The molecule has 0 amide bonds. The summed E-state index contributed by atoms with van der Waals surface area (Å²) in [6, 6.07) is 14.5. The van der Waals surface area contributed by atoms with Crippen molar-refractivity contribution in [1.82, 2.24) is 5.32 Å². The summed E-state index contributed by atoms with van der Waals surface area (Å²) in [5.74, 6) is 0. The molecule has 1 unspecified atom stereocenters. The molecular weight excluding hydrogens is 198 g/mol. The van der Waals surface area contributed by atoms with E-state index in [0.717, 1.165) is 6.42 Å². The Kier molecular flexibility index (Phi) is 5.70. The van der Waals surface area contributed by atoms with Crippen molar-refractivity contribution in [2.24, 2.45) is 0 Å². The number of hydrogen-bond acceptors (Lipinski definition) is 3. The van der Waals surface area contributed by atoms with Crippen LogP contribution in [-0.2, 0) is 6.42 Å². The van der Waals surface area contributed by atoms with Gasteiger partial charge in [-0.05, 0) is 12.0 Å². The lowest BCUT2D eigenvalue weighted by atomic mass is 10.0. The molecule has 0 bridgehead atoms. The van der Waals surface area contributed by atoms with Gasteiger partial charge in [-0.2, -0.15) is 10.5 Å². The van der Waals surface area contributed by atoms with E-state index in [4.69, 9.17) is 10.5 Å². The van der Waals surface area contributed by atoms with Crippen LogP contribution in [-0.4, -0.2) is 12.6 Å². The lowest BCUT2D eigenvalue weighted by Crippen LogP contribution is -2.31. The molecular formula is C13H15N3. The van der Waals surface area contributed by atoms with Crippen LogP contribution in [0.15, 0.2) is 30.3 Å². The SMILES string of the molecule is N#CCCNC(CC#N)Cc1ccccc1. The highest BCUT2D eigenvalue weighted by atomic mass is 14.9. The number of rotatable bonds is 6. The van der Waals surface area contributed by atoms with Crippen molar-refractivity contribution in [2.45, 2.75) is 25.3 Å². The maximum absolute atomic E-state index is 8.72. The van der Waals surface area contributed by atoms with Crippen LogP contribution in [0.3, 0.4) is 0 Å². The van der Waals surface area contributed by atoms with Crippen molar-refractivity contribution in [3.8, 4) is 12.1 Å². The van der Waals surface area contributed by atoms with Crippen molar-refractivity contribution in [2.75, 3.05) is 6.54 Å². The molecule has 0 radical (unpaired) electrons. The van der Waals surface area contributed by atoms with E-state index in [-0.39, 0.29) is 6.04 Å². The Bertz CT molecular complexity index is 372. The standard InChI is InChI=1S/C13H15N3/c14-8-4-10-16-13(7-9-15)11-12-5-2-1-3-6-12/h1-3,5-6,13,16H,4,7,10-11H2. The normalized spacial score (nSPS) is 11.4. The molecule has 0 heterocycles. The van der Waals surface area contributed by atoms with Crippen LogP contribution in [0.2, 0.25) is 0 Å². The van der Waals surface area contributed by atoms with Gasteiger partial charge < -0.3 is 5.32 Å². The van der Waals surface area contributed by atoms with Gasteiger partial charge in [-0.1, -0.05) is 30.3 Å². The predicted molar refractivity (Wildman–Crippen MR) is 62.4 cm³/mol. The average Bonchev–Trinajstić information content (AvgIpc) is 2.31. The third-order valence-corrected chi connectivity index (χ3v) is 2.33. The van der Waals surface area contributed by atoms with Crippen molar-refractivity contribution in [1.29, 1.82) is 10.5 Å². The third-order valence-electron chi connectivity index (χ3n) is 2.33. The zero-order valence-electron chi connectivity index (χ0n) is 9.19. The summed E-state index contributed by atoms with van der Waals surface area (Å²) in [5, 5.41) is 20.4. The molecule has 16 heavy (non-hydrogen) atoms. The zero-order valence-corrected chi connectivity index (χ0v) is 9.19. The van der Waals surface area contributed by atoms with Gasteiger partial charge in [0.1, 0.15) is 0 Å². The van der Waals surface area contributed by atoms with Gasteiger partial charge in [-0.3, -0.25) is 0 Å². The van der Waals surface area contributed by atoms with Crippen LogP contribution in [0.1, 0.15) is 18.4 Å². The summed E-state index contributed by atoms with van der Waals surface area (Å²) >= 11 is 0. The average molecular weight is 213 g/mol. The molecule has 82 valence electrons. The van der Waals surface area contributed by atoms with Crippen LogP contribution in [0, 0.1) is 22.7 Å². The minimum Gasteiger partial charge on any atom is -0.312 e. The topological polar surface area (TPSA) is 59.6 Å². The number of nitrogens with zero attached hydrogens (tertiary/aromatic N) is 2. The Labute approximate surface area is 96.3 Å². The Morgan fingerprint density at radius 1 is 1.12 bits per heavy atom. The molecule has 0 aromatic heterocycles. The maximum Gasteiger partial charge on any atom is 0.0638 e. The van der Waals surface area contributed by atoms with Gasteiger partial charge in [0, 0.05) is 19.0 Å². The molecule has 1 aromatic rings. The highest BCUT2D eigenvalue weighted by molar-refractivity contribution is 5.16. The first kappa shape index (κ1) is 12.2. The summed E-state index contributed by atoms with van der Waals surface area (Å²) in [4.78, 5) is 0. The number of benzene rings is 1. The molecule has 0 spiro atoms. The van der Waals surface area contributed by atoms with Gasteiger partial charge in [-0.25, -0.2) is 0 Å². The fraction of sp³-hybridized carbons (Fsp3) is 0.385. The second-order valence-corrected chi connectivity index (χ2v) is 3.61. The molecule has 0 aliphatic heterocycles. The predicted octanol–water partition coefficient (Wildman–Crippen LogP) is 2.01. The first-order chi connectivity index (χ1) is 7.86. The van der Waals surface area contributed by atoms with E-state index in [2.05, 4.69) is 29.6 Å². The van der Waals surface area contributed by atoms with Gasteiger partial charge in [-0.15, -0.1) is 0 Å². The molecule has 0 aliphatic carbocycles. The second-order valence-electron chi connectivity index (χ2n) is 3.61. The molecule has 3 nitrogen and oxygen atoms in total. The largest absolute Gasteiger partial charge is 0.312 e. The molecule has 0 saturated carbocycles. The van der Waals surface area contributed by atoms with E-state index >= 15 is 0 Å². The van der Waals surface area contributed by atoms with E-state index in [1.165, 1.54) is 5.56 Å². The number of nitrogens with one attached hydrogen (secondary N) is 1. The molecule has 1 N–H and O–H groups in total. The molecule has 1 rings (SSSR count). The van der Waals surface area contributed by atoms with Crippen LogP contribution in [0.25, 0.3) is 0 Å². The van der Waals surface area contributed by atoms with Gasteiger partial charge in [0.25, 0.3) is 0 Å². The lowest BCUT2D eigenvalue weighted by molar-refractivity contribution is 0.523. The van der Waals surface area contributed by atoms with Gasteiger partial charge >= 0.3 is 0 Å². The second kappa shape index (κ2) is 7.45. The molecule has 1 atom stereocenters.